The number of carbonyl (C=O) groups excluding carboxylic acids is 1. The first kappa shape index (κ1) is 18.8. The summed E-state index contributed by atoms with van der Waals surface area (Å²) in [7, 11) is 0. The number of esters is 1. The third-order valence-corrected chi connectivity index (χ3v) is 5.20. The zero-order valence-electron chi connectivity index (χ0n) is 15.0. The van der Waals surface area contributed by atoms with Crippen LogP contribution in [0.25, 0.3) is 21.5 Å². The summed E-state index contributed by atoms with van der Waals surface area (Å²) in [5.41, 5.74) is 2.65. The highest BCUT2D eigenvalue weighted by atomic mass is 32.1. The fraction of sp³-hybridized carbons (Fsp3) is 0.250. The summed E-state index contributed by atoms with van der Waals surface area (Å²) in [6, 6.07) is 7.72. The lowest BCUT2D eigenvalue weighted by molar-refractivity contribution is 0.0554. The molecule has 0 fully saturated rings. The number of nitriles is 1. The van der Waals surface area contributed by atoms with Crippen LogP contribution in [0.5, 0.6) is 0 Å². The van der Waals surface area contributed by atoms with Gasteiger partial charge in [0.2, 0.25) is 0 Å². The standard InChI is InChI=1S/C20H18FN3O2S/c1-4-7-26-20(25)18-13(3)23-19(27-18)14-5-6-17-16(8-14)15(9-22)11-24(17)10-12(2)21/h4-6,8,11-12H,1,7,10H2,2-3H3. The number of benzene rings is 1. The van der Waals surface area contributed by atoms with E-state index in [9.17, 15) is 14.4 Å². The van der Waals surface area contributed by atoms with E-state index in [1.54, 1.807) is 17.7 Å². The van der Waals surface area contributed by atoms with Crippen molar-refractivity contribution < 1.29 is 13.9 Å². The zero-order valence-corrected chi connectivity index (χ0v) is 15.8. The number of alkyl halides is 1. The van der Waals surface area contributed by atoms with Gasteiger partial charge in [0.15, 0.2) is 0 Å². The summed E-state index contributed by atoms with van der Waals surface area (Å²) in [4.78, 5) is 17.0. The van der Waals surface area contributed by atoms with Crippen LogP contribution in [0.1, 0.15) is 27.9 Å². The van der Waals surface area contributed by atoms with Gasteiger partial charge in [0.1, 0.15) is 28.7 Å². The molecule has 0 saturated carbocycles. The molecule has 138 valence electrons. The molecule has 1 aromatic carbocycles. The van der Waals surface area contributed by atoms with Gasteiger partial charge in [0.25, 0.3) is 0 Å². The minimum atomic E-state index is -1.02. The third-order valence-electron chi connectivity index (χ3n) is 4.01. The van der Waals surface area contributed by atoms with Crippen molar-refractivity contribution in [2.45, 2.75) is 26.6 Å². The third kappa shape index (κ3) is 3.76. The van der Waals surface area contributed by atoms with Gasteiger partial charge in [-0.2, -0.15) is 5.26 Å². The average molecular weight is 383 g/mol. The van der Waals surface area contributed by atoms with Crippen LogP contribution in [-0.4, -0.2) is 28.3 Å². The molecule has 3 aromatic rings. The molecular weight excluding hydrogens is 365 g/mol. The summed E-state index contributed by atoms with van der Waals surface area (Å²) in [6.07, 6.45) is 2.16. The van der Waals surface area contributed by atoms with Crippen molar-refractivity contribution in [1.29, 1.82) is 5.26 Å². The molecule has 1 atom stereocenters. The first-order chi connectivity index (χ1) is 12.9. The van der Waals surface area contributed by atoms with Crippen LogP contribution in [0.3, 0.4) is 0 Å². The number of fused-ring (bicyclic) bond motifs is 1. The first-order valence-electron chi connectivity index (χ1n) is 8.37. The lowest BCUT2D eigenvalue weighted by atomic mass is 10.1. The van der Waals surface area contributed by atoms with E-state index >= 15 is 0 Å². The topological polar surface area (TPSA) is 67.9 Å². The number of rotatable bonds is 6. The lowest BCUT2D eigenvalue weighted by Gasteiger charge is -2.06. The second kappa shape index (κ2) is 7.72. The van der Waals surface area contributed by atoms with E-state index in [1.807, 2.05) is 18.2 Å². The van der Waals surface area contributed by atoms with Crippen LogP contribution < -0.4 is 0 Å². The van der Waals surface area contributed by atoms with Gasteiger partial charge in [0.05, 0.1) is 17.8 Å². The Morgan fingerprint density at radius 2 is 2.33 bits per heavy atom. The Morgan fingerprint density at radius 1 is 1.56 bits per heavy atom. The van der Waals surface area contributed by atoms with Crippen molar-refractivity contribution in [2.75, 3.05) is 6.61 Å². The van der Waals surface area contributed by atoms with Gasteiger partial charge >= 0.3 is 5.97 Å². The summed E-state index contributed by atoms with van der Waals surface area (Å²) in [6.45, 7) is 7.09. The fourth-order valence-corrected chi connectivity index (χ4v) is 3.81. The molecule has 0 spiro atoms. The quantitative estimate of drug-likeness (QED) is 0.459. The Kier molecular flexibility index (Phi) is 5.38. The second-order valence-electron chi connectivity index (χ2n) is 6.14. The van der Waals surface area contributed by atoms with Crippen LogP contribution >= 0.6 is 11.3 Å². The summed E-state index contributed by atoms with van der Waals surface area (Å²) in [5.74, 6) is -0.432. The molecule has 2 heterocycles. The number of hydrogen-bond donors (Lipinski definition) is 0. The van der Waals surface area contributed by atoms with Gasteiger partial charge in [-0.05, 0) is 32.0 Å². The van der Waals surface area contributed by atoms with Gasteiger partial charge in [-0.15, -0.1) is 11.3 Å². The van der Waals surface area contributed by atoms with Gasteiger partial charge in [-0.3, -0.25) is 0 Å². The minimum absolute atomic E-state index is 0.142. The van der Waals surface area contributed by atoms with Crippen LogP contribution in [0.2, 0.25) is 0 Å². The molecule has 2 aromatic heterocycles. The van der Waals surface area contributed by atoms with Crippen molar-refractivity contribution in [3.05, 3.63) is 53.2 Å². The Labute approximate surface area is 160 Å². The lowest BCUT2D eigenvalue weighted by Crippen LogP contribution is -2.05. The maximum absolute atomic E-state index is 13.4. The Morgan fingerprint density at radius 3 is 3.00 bits per heavy atom. The van der Waals surface area contributed by atoms with Crippen molar-refractivity contribution in [2.24, 2.45) is 0 Å². The Bertz CT molecular complexity index is 1060. The zero-order chi connectivity index (χ0) is 19.6. The van der Waals surface area contributed by atoms with Gasteiger partial charge in [-0.1, -0.05) is 12.7 Å². The van der Waals surface area contributed by atoms with Crippen molar-refractivity contribution in [3.63, 3.8) is 0 Å². The average Bonchev–Trinajstić information content (AvgIpc) is 3.19. The Hall–Kier alpha value is -2.98. The van der Waals surface area contributed by atoms with Crippen LogP contribution in [0.4, 0.5) is 4.39 Å². The van der Waals surface area contributed by atoms with Crippen molar-refractivity contribution in [3.8, 4) is 16.6 Å². The van der Waals surface area contributed by atoms with Crippen LogP contribution in [0.15, 0.2) is 37.1 Å². The molecule has 3 rings (SSSR count). The maximum Gasteiger partial charge on any atom is 0.350 e. The molecular formula is C20H18FN3O2S. The fourth-order valence-electron chi connectivity index (χ4n) is 2.85. The predicted octanol–water partition coefficient (Wildman–Crippen LogP) is 4.65. The number of aryl methyl sites for hydroxylation is 1. The molecule has 1 unspecified atom stereocenters. The summed E-state index contributed by atoms with van der Waals surface area (Å²) in [5, 5.41) is 10.8. The molecule has 27 heavy (non-hydrogen) atoms. The number of ether oxygens (including phenoxy) is 1. The van der Waals surface area contributed by atoms with Gasteiger partial charge < -0.3 is 9.30 Å². The molecule has 0 aliphatic rings. The highest BCUT2D eigenvalue weighted by Crippen LogP contribution is 2.32. The maximum atomic E-state index is 13.4. The molecule has 0 radical (unpaired) electrons. The predicted molar refractivity (Wildman–Crippen MR) is 104 cm³/mol. The second-order valence-corrected chi connectivity index (χ2v) is 7.14. The molecule has 0 amide bonds. The van der Waals surface area contributed by atoms with E-state index in [2.05, 4.69) is 17.6 Å². The monoisotopic (exact) mass is 383 g/mol. The van der Waals surface area contributed by atoms with E-state index in [1.165, 1.54) is 24.3 Å². The van der Waals surface area contributed by atoms with Crippen LogP contribution in [-0.2, 0) is 11.3 Å². The summed E-state index contributed by atoms with van der Waals surface area (Å²) >= 11 is 1.24. The molecule has 0 aliphatic carbocycles. The van der Waals surface area contributed by atoms with E-state index in [0.29, 0.717) is 21.1 Å². The van der Waals surface area contributed by atoms with Crippen molar-refractivity contribution in [1.82, 2.24) is 9.55 Å². The SMILES string of the molecule is C=CCOC(=O)c1sc(-c2ccc3c(c2)c(C#N)cn3CC(C)F)nc1C. The van der Waals surface area contributed by atoms with E-state index in [4.69, 9.17) is 4.74 Å². The number of thiazole rings is 1. The highest BCUT2D eigenvalue weighted by Gasteiger charge is 2.18. The number of nitrogens with zero attached hydrogens (tertiary/aromatic N) is 3. The number of halogens is 1. The molecule has 0 N–H and O–H groups in total. The molecule has 0 aliphatic heterocycles. The molecule has 0 bridgehead atoms. The smallest absolute Gasteiger partial charge is 0.350 e. The van der Waals surface area contributed by atoms with E-state index < -0.39 is 12.1 Å². The first-order valence-corrected chi connectivity index (χ1v) is 9.19. The summed E-state index contributed by atoms with van der Waals surface area (Å²) < 4.78 is 20.3. The highest BCUT2D eigenvalue weighted by molar-refractivity contribution is 7.17. The number of aromatic nitrogens is 2. The van der Waals surface area contributed by atoms with Gasteiger partial charge in [0, 0.05) is 22.7 Å². The van der Waals surface area contributed by atoms with Crippen LogP contribution in [0, 0.1) is 18.3 Å². The van der Waals surface area contributed by atoms with E-state index in [0.717, 1.165) is 16.5 Å². The van der Waals surface area contributed by atoms with Crippen molar-refractivity contribution >= 4 is 28.2 Å². The Balaban J connectivity index is 2.02. The molecule has 5 nitrogen and oxygen atoms in total. The van der Waals surface area contributed by atoms with E-state index in [-0.39, 0.29) is 13.2 Å². The number of carbonyl (C=O) groups is 1. The van der Waals surface area contributed by atoms with Gasteiger partial charge in [-0.25, -0.2) is 14.2 Å². The molecule has 7 heteroatoms. The molecule has 0 saturated heterocycles. The normalized spacial score (nSPS) is 11.9. The number of hydrogen-bond acceptors (Lipinski definition) is 5. The minimum Gasteiger partial charge on any atom is -0.457 e. The largest absolute Gasteiger partial charge is 0.457 e.